The highest BCUT2D eigenvalue weighted by Gasteiger charge is 2.20. The number of nitrogen functional groups attached to an aromatic ring is 1. The van der Waals surface area contributed by atoms with Crippen LogP contribution in [0.25, 0.3) is 11.4 Å². The van der Waals surface area contributed by atoms with Crippen molar-refractivity contribution < 1.29 is 4.74 Å². The summed E-state index contributed by atoms with van der Waals surface area (Å²) in [7, 11) is 3.40. The van der Waals surface area contributed by atoms with Crippen molar-refractivity contribution in [3.63, 3.8) is 0 Å². The molecular weight excluding hydrogens is 298 g/mol. The van der Waals surface area contributed by atoms with E-state index in [1.165, 1.54) is 0 Å². The van der Waals surface area contributed by atoms with Crippen LogP contribution in [0.1, 0.15) is 11.4 Å². The van der Waals surface area contributed by atoms with Crippen molar-refractivity contribution >= 4 is 21.7 Å². The monoisotopic (exact) mass is 311 g/mol. The lowest BCUT2D eigenvalue weighted by atomic mass is 10.2. The van der Waals surface area contributed by atoms with Gasteiger partial charge in [-0.2, -0.15) is 5.10 Å². The van der Waals surface area contributed by atoms with E-state index in [4.69, 9.17) is 10.5 Å². The molecule has 2 N–H and O–H groups in total. The van der Waals surface area contributed by atoms with Crippen LogP contribution in [-0.2, 0) is 7.05 Å². The summed E-state index contributed by atoms with van der Waals surface area (Å²) in [5.74, 6) is 1.55. The highest BCUT2D eigenvalue weighted by molar-refractivity contribution is 9.10. The zero-order valence-electron chi connectivity index (χ0n) is 10.7. The number of aryl methyl sites for hydroxylation is 3. The molecule has 0 aromatic carbocycles. The van der Waals surface area contributed by atoms with E-state index < -0.39 is 0 Å². The Morgan fingerprint density at radius 2 is 1.89 bits per heavy atom. The van der Waals surface area contributed by atoms with Gasteiger partial charge in [0.1, 0.15) is 11.4 Å². The van der Waals surface area contributed by atoms with Crippen LogP contribution in [0.4, 0.5) is 5.82 Å². The first kappa shape index (κ1) is 12.8. The number of nitrogens with two attached hydrogens (primary N) is 1. The second kappa shape index (κ2) is 4.56. The zero-order chi connectivity index (χ0) is 13.4. The molecule has 0 atom stereocenters. The lowest BCUT2D eigenvalue weighted by Gasteiger charge is -2.07. The average Bonchev–Trinajstić information content (AvgIpc) is 2.59. The number of hydrogen-bond donors (Lipinski definition) is 1. The topological polar surface area (TPSA) is 78.8 Å². The zero-order valence-corrected chi connectivity index (χ0v) is 12.2. The molecule has 0 fully saturated rings. The smallest absolute Gasteiger partial charge is 0.222 e. The van der Waals surface area contributed by atoms with Crippen LogP contribution >= 0.6 is 15.9 Å². The minimum absolute atomic E-state index is 0.405. The van der Waals surface area contributed by atoms with E-state index in [0.717, 1.165) is 17.0 Å². The molecule has 0 spiro atoms. The first-order valence-electron chi connectivity index (χ1n) is 5.33. The van der Waals surface area contributed by atoms with Gasteiger partial charge in [0.15, 0.2) is 5.82 Å². The number of rotatable bonds is 2. The largest absolute Gasteiger partial charge is 0.481 e. The first-order valence-corrected chi connectivity index (χ1v) is 6.12. The van der Waals surface area contributed by atoms with Crippen LogP contribution < -0.4 is 10.5 Å². The Balaban J connectivity index is 2.69. The maximum Gasteiger partial charge on any atom is 0.222 e. The van der Waals surface area contributed by atoms with Gasteiger partial charge in [-0.3, -0.25) is 0 Å². The van der Waals surface area contributed by atoms with Crippen LogP contribution in [0.2, 0.25) is 0 Å². The Labute approximate surface area is 113 Å². The maximum absolute atomic E-state index is 5.84. The standard InChI is InChI=1S/C11H14BrN5O/c1-5-7(11(18-4)17(3)16-5)10-14-6(2)8(12)9(13)15-10/h1-4H3,(H2,13,14,15). The summed E-state index contributed by atoms with van der Waals surface area (Å²) in [6.45, 7) is 3.75. The molecule has 2 heterocycles. The molecule has 0 aliphatic carbocycles. The lowest BCUT2D eigenvalue weighted by molar-refractivity contribution is 0.374. The Kier molecular flexibility index (Phi) is 3.25. The van der Waals surface area contributed by atoms with Gasteiger partial charge in [-0.15, -0.1) is 0 Å². The SMILES string of the molecule is COc1c(-c2nc(C)c(Br)c(N)n2)c(C)nn1C. The number of hydrogen-bond acceptors (Lipinski definition) is 5. The molecular formula is C11H14BrN5O. The van der Waals surface area contributed by atoms with Crippen LogP contribution in [0.15, 0.2) is 4.47 Å². The second-order valence-corrected chi connectivity index (χ2v) is 4.72. The number of nitrogens with zero attached hydrogens (tertiary/aromatic N) is 4. The van der Waals surface area contributed by atoms with Crippen molar-refractivity contribution in [3.8, 4) is 17.3 Å². The maximum atomic E-state index is 5.84. The minimum Gasteiger partial charge on any atom is -0.481 e. The number of ether oxygens (including phenoxy) is 1. The molecule has 0 bridgehead atoms. The molecule has 2 rings (SSSR count). The summed E-state index contributed by atoms with van der Waals surface area (Å²) in [5.41, 5.74) is 8.19. The quantitative estimate of drug-likeness (QED) is 0.915. The predicted molar refractivity (Wildman–Crippen MR) is 72.4 cm³/mol. The molecule has 2 aromatic heterocycles. The van der Waals surface area contributed by atoms with Gasteiger partial charge in [0, 0.05) is 7.05 Å². The third-order valence-electron chi connectivity index (χ3n) is 2.63. The third-order valence-corrected chi connectivity index (χ3v) is 3.61. The first-order chi connectivity index (χ1) is 8.45. The van der Waals surface area contributed by atoms with E-state index in [9.17, 15) is 0 Å². The second-order valence-electron chi connectivity index (χ2n) is 3.93. The average molecular weight is 312 g/mol. The summed E-state index contributed by atoms with van der Waals surface area (Å²) in [4.78, 5) is 8.69. The van der Waals surface area contributed by atoms with Crippen LogP contribution in [0.5, 0.6) is 5.88 Å². The third kappa shape index (κ3) is 1.94. The van der Waals surface area contributed by atoms with Gasteiger partial charge < -0.3 is 10.5 Å². The molecule has 18 heavy (non-hydrogen) atoms. The van der Waals surface area contributed by atoms with E-state index in [1.54, 1.807) is 11.8 Å². The number of anilines is 1. The van der Waals surface area contributed by atoms with Crippen molar-refractivity contribution in [1.82, 2.24) is 19.7 Å². The molecule has 0 unspecified atom stereocenters. The van der Waals surface area contributed by atoms with Gasteiger partial charge in [0.2, 0.25) is 5.88 Å². The van der Waals surface area contributed by atoms with Crippen molar-refractivity contribution in [1.29, 1.82) is 0 Å². The van der Waals surface area contributed by atoms with E-state index >= 15 is 0 Å². The molecule has 0 aliphatic rings. The Bertz CT molecular complexity index is 585. The van der Waals surface area contributed by atoms with Crippen LogP contribution in [0, 0.1) is 13.8 Å². The summed E-state index contributed by atoms with van der Waals surface area (Å²) < 4.78 is 7.70. The van der Waals surface area contributed by atoms with Gasteiger partial charge in [0.05, 0.1) is 23.0 Å². The molecule has 96 valence electrons. The highest BCUT2D eigenvalue weighted by atomic mass is 79.9. The van der Waals surface area contributed by atoms with Gasteiger partial charge in [-0.1, -0.05) is 0 Å². The van der Waals surface area contributed by atoms with Crippen molar-refractivity contribution in [2.45, 2.75) is 13.8 Å². The van der Waals surface area contributed by atoms with Gasteiger partial charge in [0.25, 0.3) is 0 Å². The van der Waals surface area contributed by atoms with Gasteiger partial charge in [-0.25, -0.2) is 14.6 Å². The molecule has 0 amide bonds. The highest BCUT2D eigenvalue weighted by Crippen LogP contribution is 2.32. The fourth-order valence-electron chi connectivity index (χ4n) is 1.82. The molecule has 7 heteroatoms. The number of aromatic nitrogens is 4. The molecule has 2 aromatic rings. The van der Waals surface area contributed by atoms with Crippen molar-refractivity contribution in [3.05, 3.63) is 15.9 Å². The molecule has 0 saturated carbocycles. The summed E-state index contributed by atoms with van der Waals surface area (Å²) in [6, 6.07) is 0. The minimum atomic E-state index is 0.405. The van der Waals surface area contributed by atoms with Crippen LogP contribution in [0.3, 0.4) is 0 Å². The van der Waals surface area contributed by atoms with E-state index in [0.29, 0.717) is 22.0 Å². The van der Waals surface area contributed by atoms with Gasteiger partial charge >= 0.3 is 0 Å². The van der Waals surface area contributed by atoms with E-state index in [2.05, 4.69) is 31.0 Å². The lowest BCUT2D eigenvalue weighted by Crippen LogP contribution is -2.01. The summed E-state index contributed by atoms with van der Waals surface area (Å²) >= 11 is 3.34. The Morgan fingerprint density at radius 1 is 1.22 bits per heavy atom. The summed E-state index contributed by atoms with van der Waals surface area (Å²) in [5, 5.41) is 4.30. The fourth-order valence-corrected chi connectivity index (χ4v) is 2.00. The molecule has 0 aliphatic heterocycles. The van der Waals surface area contributed by atoms with Crippen molar-refractivity contribution in [2.75, 3.05) is 12.8 Å². The normalized spacial score (nSPS) is 10.7. The fraction of sp³-hybridized carbons (Fsp3) is 0.364. The molecule has 0 radical (unpaired) electrons. The van der Waals surface area contributed by atoms with Crippen LogP contribution in [-0.4, -0.2) is 26.9 Å². The predicted octanol–water partition coefficient (Wildman–Crippen LogP) is 1.85. The summed E-state index contributed by atoms with van der Waals surface area (Å²) in [6.07, 6.45) is 0. The number of methoxy groups -OCH3 is 1. The van der Waals surface area contributed by atoms with Crippen molar-refractivity contribution in [2.24, 2.45) is 7.05 Å². The van der Waals surface area contributed by atoms with E-state index in [1.807, 2.05) is 20.9 Å². The number of halogens is 1. The molecule has 6 nitrogen and oxygen atoms in total. The Morgan fingerprint density at radius 3 is 2.44 bits per heavy atom. The van der Waals surface area contributed by atoms with E-state index in [-0.39, 0.29) is 0 Å². The molecule has 0 saturated heterocycles. The Hall–Kier alpha value is -1.63. The van der Waals surface area contributed by atoms with Gasteiger partial charge in [-0.05, 0) is 29.8 Å².